The number of carbonyl (C=O) groups is 2. The van der Waals surface area contributed by atoms with Crippen molar-refractivity contribution in [1.29, 1.82) is 0 Å². The lowest BCUT2D eigenvalue weighted by Gasteiger charge is -2.27. The second-order valence-electron chi connectivity index (χ2n) is 9.55. The van der Waals surface area contributed by atoms with Gasteiger partial charge in [0, 0.05) is 57.6 Å². The fourth-order valence-corrected chi connectivity index (χ4v) is 4.81. The van der Waals surface area contributed by atoms with Crippen molar-refractivity contribution < 1.29 is 18.7 Å². The number of benzene rings is 3. The zero-order valence-corrected chi connectivity index (χ0v) is 22.0. The molecule has 1 aliphatic heterocycles. The molecule has 0 aromatic heterocycles. The molecule has 38 heavy (non-hydrogen) atoms. The summed E-state index contributed by atoms with van der Waals surface area (Å²) in [5, 5.41) is 2.81. The Labute approximate surface area is 223 Å². The monoisotopic (exact) mass is 518 g/mol. The maximum Gasteiger partial charge on any atom is 0.238 e. The molecule has 7 nitrogen and oxygen atoms in total. The third-order valence-electron chi connectivity index (χ3n) is 6.66. The number of amides is 2. The van der Waals surface area contributed by atoms with Gasteiger partial charge in [0.25, 0.3) is 0 Å². The van der Waals surface area contributed by atoms with Crippen LogP contribution >= 0.6 is 0 Å². The van der Waals surface area contributed by atoms with Crippen LogP contribution in [-0.4, -0.2) is 61.4 Å². The van der Waals surface area contributed by atoms with Gasteiger partial charge in [-0.05, 0) is 53.9 Å². The third kappa shape index (κ3) is 7.63. The Balaban J connectivity index is 1.56. The zero-order chi connectivity index (χ0) is 26.9. The first-order valence-corrected chi connectivity index (χ1v) is 12.9. The molecule has 0 atom stereocenters. The Morgan fingerprint density at radius 3 is 2.50 bits per heavy atom. The van der Waals surface area contributed by atoms with Crippen LogP contribution in [0.15, 0.2) is 72.8 Å². The molecule has 0 spiro atoms. The lowest BCUT2D eigenvalue weighted by molar-refractivity contribution is -0.118. The van der Waals surface area contributed by atoms with E-state index in [9.17, 15) is 14.0 Å². The summed E-state index contributed by atoms with van der Waals surface area (Å²) in [7, 11) is 1.66. The van der Waals surface area contributed by atoms with Gasteiger partial charge in [-0.3, -0.25) is 19.4 Å². The number of anilines is 2. The highest BCUT2D eigenvalue weighted by Gasteiger charge is 2.21. The number of carbonyl (C=O) groups excluding carboxylic acids is 2. The molecule has 0 bridgehead atoms. The lowest BCUT2D eigenvalue weighted by Crippen LogP contribution is -2.39. The van der Waals surface area contributed by atoms with E-state index in [0.29, 0.717) is 25.3 Å². The van der Waals surface area contributed by atoms with Gasteiger partial charge in [0.1, 0.15) is 11.6 Å². The topological polar surface area (TPSA) is 65.1 Å². The second-order valence-corrected chi connectivity index (χ2v) is 9.55. The average Bonchev–Trinajstić information content (AvgIpc) is 2.92. The summed E-state index contributed by atoms with van der Waals surface area (Å²) in [5.74, 6) is 0.191. The highest BCUT2D eigenvalue weighted by Crippen LogP contribution is 2.24. The average molecular weight is 519 g/mol. The van der Waals surface area contributed by atoms with Crippen LogP contribution in [0.5, 0.6) is 5.75 Å². The van der Waals surface area contributed by atoms with Crippen molar-refractivity contribution in [3.63, 3.8) is 0 Å². The number of fused-ring (bicyclic) bond motifs is 1. The molecular weight excluding hydrogens is 483 g/mol. The molecule has 0 aliphatic carbocycles. The van der Waals surface area contributed by atoms with Crippen LogP contribution in [-0.2, 0) is 22.7 Å². The number of hydrogen-bond donors (Lipinski definition) is 1. The summed E-state index contributed by atoms with van der Waals surface area (Å²) in [6, 6.07) is 21.8. The minimum absolute atomic E-state index is 0.00793. The van der Waals surface area contributed by atoms with E-state index in [0.717, 1.165) is 48.6 Å². The lowest BCUT2D eigenvalue weighted by atomic mass is 10.1. The summed E-state index contributed by atoms with van der Waals surface area (Å²) in [5.41, 5.74) is 3.43. The van der Waals surface area contributed by atoms with E-state index in [4.69, 9.17) is 4.74 Å². The summed E-state index contributed by atoms with van der Waals surface area (Å²) in [4.78, 5) is 31.9. The van der Waals surface area contributed by atoms with Crippen molar-refractivity contribution in [3.8, 4) is 5.75 Å². The molecule has 0 fully saturated rings. The van der Waals surface area contributed by atoms with E-state index in [1.165, 1.54) is 12.1 Å². The Bertz CT molecular complexity index is 1250. The zero-order valence-electron chi connectivity index (χ0n) is 22.0. The third-order valence-corrected chi connectivity index (χ3v) is 6.66. The van der Waals surface area contributed by atoms with Crippen molar-refractivity contribution in [2.75, 3.05) is 50.1 Å². The van der Waals surface area contributed by atoms with Gasteiger partial charge in [-0.15, -0.1) is 0 Å². The summed E-state index contributed by atoms with van der Waals surface area (Å²) >= 11 is 0. The molecule has 2 amide bonds. The number of rotatable bonds is 6. The first-order chi connectivity index (χ1) is 18.4. The maximum atomic E-state index is 13.6. The first kappa shape index (κ1) is 27.3. The molecule has 3 aromatic carbocycles. The minimum Gasteiger partial charge on any atom is -0.497 e. The van der Waals surface area contributed by atoms with Gasteiger partial charge in [-0.25, -0.2) is 4.39 Å². The van der Waals surface area contributed by atoms with Crippen LogP contribution in [0, 0.1) is 5.82 Å². The number of nitrogens with one attached hydrogen (secondary N) is 1. The van der Waals surface area contributed by atoms with Gasteiger partial charge in [0.05, 0.1) is 13.7 Å². The van der Waals surface area contributed by atoms with Crippen LogP contribution in [0.4, 0.5) is 15.8 Å². The van der Waals surface area contributed by atoms with Crippen LogP contribution < -0.4 is 15.0 Å². The predicted octanol–water partition coefficient (Wildman–Crippen LogP) is 4.53. The van der Waals surface area contributed by atoms with Crippen molar-refractivity contribution in [3.05, 3.63) is 89.7 Å². The van der Waals surface area contributed by atoms with Crippen LogP contribution in [0.25, 0.3) is 0 Å². The number of hydrogen-bond acceptors (Lipinski definition) is 5. The largest absolute Gasteiger partial charge is 0.497 e. The summed E-state index contributed by atoms with van der Waals surface area (Å²) in [6.07, 6.45) is 0.817. The standard InChI is InChI=1S/C30H35FN4O3/c1-23(36)35-15-7-14-33(20-24-8-5-12-28(18-24)38-2)16-17-34(21-25-9-3-4-13-29(25)35)22-30(37)32-27-11-6-10-26(31)19-27/h3-6,8-13,18-19H,7,14-17,20-22H2,1-2H3,(H,32,37). The van der Waals surface area contributed by atoms with Crippen molar-refractivity contribution >= 4 is 23.2 Å². The summed E-state index contributed by atoms with van der Waals surface area (Å²) < 4.78 is 19.0. The molecule has 1 N–H and O–H groups in total. The van der Waals surface area contributed by atoms with Gasteiger partial charge in [-0.2, -0.15) is 0 Å². The molecule has 1 aliphatic rings. The molecule has 8 heteroatoms. The second kappa shape index (κ2) is 13.2. The summed E-state index contributed by atoms with van der Waals surface area (Å²) in [6.45, 7) is 5.76. The number of para-hydroxylation sites is 1. The molecule has 4 rings (SSSR count). The van der Waals surface area contributed by atoms with Crippen LogP contribution in [0.2, 0.25) is 0 Å². The molecule has 0 radical (unpaired) electrons. The molecule has 0 saturated heterocycles. The van der Waals surface area contributed by atoms with Gasteiger partial charge in [0.2, 0.25) is 11.8 Å². The van der Waals surface area contributed by atoms with E-state index in [2.05, 4.69) is 21.2 Å². The number of halogens is 1. The predicted molar refractivity (Wildman–Crippen MR) is 148 cm³/mol. The SMILES string of the molecule is COc1cccc(CN2CCCN(C(C)=O)c3ccccc3CN(CC(=O)Nc3cccc(F)c3)CC2)c1. The molecule has 1 heterocycles. The van der Waals surface area contributed by atoms with E-state index in [1.807, 2.05) is 47.4 Å². The normalized spacial score (nSPS) is 15.3. The number of ether oxygens (including phenoxy) is 1. The van der Waals surface area contributed by atoms with Crippen molar-refractivity contribution in [2.45, 2.75) is 26.4 Å². The molecule has 3 aromatic rings. The first-order valence-electron chi connectivity index (χ1n) is 12.9. The highest BCUT2D eigenvalue weighted by molar-refractivity contribution is 5.93. The van der Waals surface area contributed by atoms with Crippen molar-refractivity contribution in [1.82, 2.24) is 9.80 Å². The Hall–Kier alpha value is -3.75. The molecule has 0 unspecified atom stereocenters. The number of nitrogens with zero attached hydrogens (tertiary/aromatic N) is 3. The Morgan fingerprint density at radius 1 is 0.921 bits per heavy atom. The maximum absolute atomic E-state index is 13.6. The van der Waals surface area contributed by atoms with Gasteiger partial charge >= 0.3 is 0 Å². The Morgan fingerprint density at radius 2 is 1.71 bits per heavy atom. The quantitative estimate of drug-likeness (QED) is 0.519. The number of methoxy groups -OCH3 is 1. The fourth-order valence-electron chi connectivity index (χ4n) is 4.81. The van der Waals surface area contributed by atoms with E-state index in [1.54, 1.807) is 26.2 Å². The molecule has 200 valence electrons. The van der Waals surface area contributed by atoms with Crippen LogP contribution in [0.3, 0.4) is 0 Å². The van der Waals surface area contributed by atoms with E-state index in [-0.39, 0.29) is 18.4 Å². The van der Waals surface area contributed by atoms with Crippen molar-refractivity contribution in [2.24, 2.45) is 0 Å². The highest BCUT2D eigenvalue weighted by atomic mass is 19.1. The van der Waals surface area contributed by atoms with Gasteiger partial charge in [0.15, 0.2) is 0 Å². The van der Waals surface area contributed by atoms with E-state index >= 15 is 0 Å². The van der Waals surface area contributed by atoms with Gasteiger partial charge < -0.3 is 15.0 Å². The molecular formula is C30H35FN4O3. The Kier molecular flexibility index (Phi) is 9.46. The van der Waals surface area contributed by atoms with E-state index < -0.39 is 5.82 Å². The fraction of sp³-hybridized carbons (Fsp3) is 0.333. The van der Waals surface area contributed by atoms with Crippen LogP contribution in [0.1, 0.15) is 24.5 Å². The van der Waals surface area contributed by atoms with Gasteiger partial charge in [-0.1, -0.05) is 36.4 Å². The molecule has 0 saturated carbocycles. The smallest absolute Gasteiger partial charge is 0.238 e. The minimum atomic E-state index is -0.399.